The van der Waals surface area contributed by atoms with Crippen LogP contribution in [0, 0.1) is 11.8 Å². The van der Waals surface area contributed by atoms with Gasteiger partial charge in [0.1, 0.15) is 6.04 Å². The minimum absolute atomic E-state index is 0.145. The Morgan fingerprint density at radius 2 is 2.00 bits per heavy atom. The standard InChI is InChI=1S/C21H31N3O3/c1-3-7-19(23(2)21(26)27)20(25)22-18-11-10-16-13-24(14-17(16)18)12-15-8-5-4-6-9-15/h4-6,8-9,16-19H,3,7,10-14H2,1-2H3,(H,22,25)(H,26,27)/t16-,17+,18+,19?/m1/s1. The molecule has 1 aromatic rings. The van der Waals surface area contributed by atoms with Gasteiger partial charge < -0.3 is 10.4 Å². The quantitative estimate of drug-likeness (QED) is 0.771. The Morgan fingerprint density at radius 3 is 2.67 bits per heavy atom. The largest absolute Gasteiger partial charge is 0.465 e. The van der Waals surface area contributed by atoms with Gasteiger partial charge in [-0.05, 0) is 36.7 Å². The highest BCUT2D eigenvalue weighted by atomic mass is 16.4. The van der Waals surface area contributed by atoms with E-state index in [-0.39, 0.29) is 11.9 Å². The van der Waals surface area contributed by atoms with Crippen LogP contribution >= 0.6 is 0 Å². The topological polar surface area (TPSA) is 72.9 Å². The van der Waals surface area contributed by atoms with E-state index in [4.69, 9.17) is 0 Å². The van der Waals surface area contributed by atoms with Crippen LogP contribution in [0.3, 0.4) is 0 Å². The second-order valence-electron chi connectivity index (χ2n) is 7.99. The van der Waals surface area contributed by atoms with E-state index in [1.807, 2.05) is 13.0 Å². The fourth-order valence-corrected chi connectivity index (χ4v) is 4.69. The highest BCUT2D eigenvalue weighted by Crippen LogP contribution is 2.38. The molecule has 4 atom stereocenters. The van der Waals surface area contributed by atoms with Gasteiger partial charge in [-0.3, -0.25) is 14.6 Å². The fourth-order valence-electron chi connectivity index (χ4n) is 4.69. The summed E-state index contributed by atoms with van der Waals surface area (Å²) in [7, 11) is 1.48. The summed E-state index contributed by atoms with van der Waals surface area (Å²) in [6.07, 6.45) is 2.40. The molecule has 2 aliphatic rings. The van der Waals surface area contributed by atoms with Gasteiger partial charge in [-0.2, -0.15) is 0 Å². The molecule has 1 saturated carbocycles. The van der Waals surface area contributed by atoms with E-state index in [1.165, 1.54) is 12.6 Å². The molecule has 2 amide bonds. The minimum atomic E-state index is -1.05. The van der Waals surface area contributed by atoms with Crippen molar-refractivity contribution in [3.8, 4) is 0 Å². The van der Waals surface area contributed by atoms with E-state index >= 15 is 0 Å². The number of hydrogen-bond acceptors (Lipinski definition) is 3. The number of rotatable bonds is 7. The van der Waals surface area contributed by atoms with Crippen molar-refractivity contribution in [2.24, 2.45) is 11.8 Å². The van der Waals surface area contributed by atoms with Crippen molar-refractivity contribution < 1.29 is 14.7 Å². The molecule has 1 aromatic carbocycles. The summed E-state index contributed by atoms with van der Waals surface area (Å²) >= 11 is 0. The highest BCUT2D eigenvalue weighted by molar-refractivity contribution is 5.85. The van der Waals surface area contributed by atoms with Gasteiger partial charge in [0.15, 0.2) is 0 Å². The predicted molar refractivity (Wildman–Crippen MR) is 104 cm³/mol. The van der Waals surface area contributed by atoms with E-state index < -0.39 is 12.1 Å². The van der Waals surface area contributed by atoms with Crippen LogP contribution < -0.4 is 5.32 Å². The van der Waals surface area contributed by atoms with Crippen LogP contribution in [0.2, 0.25) is 0 Å². The molecule has 2 N–H and O–H groups in total. The Labute approximate surface area is 161 Å². The molecule has 0 bridgehead atoms. The first-order valence-electron chi connectivity index (χ1n) is 10.0. The average molecular weight is 373 g/mol. The molecule has 148 valence electrons. The maximum Gasteiger partial charge on any atom is 0.407 e. The first kappa shape index (κ1) is 19.7. The summed E-state index contributed by atoms with van der Waals surface area (Å²) in [5.74, 6) is 0.949. The lowest BCUT2D eigenvalue weighted by atomic mass is 9.97. The average Bonchev–Trinajstić information content (AvgIpc) is 3.21. The Bertz CT molecular complexity index is 651. The second kappa shape index (κ2) is 8.74. The van der Waals surface area contributed by atoms with Crippen LogP contribution in [0.15, 0.2) is 30.3 Å². The van der Waals surface area contributed by atoms with Crippen molar-refractivity contribution in [2.75, 3.05) is 20.1 Å². The molecule has 6 nitrogen and oxygen atoms in total. The highest BCUT2D eigenvalue weighted by Gasteiger charge is 2.43. The Hall–Kier alpha value is -2.08. The number of hydrogen-bond donors (Lipinski definition) is 2. The Kier molecular flexibility index (Phi) is 6.37. The number of carboxylic acid groups (broad SMARTS) is 1. The number of fused-ring (bicyclic) bond motifs is 1. The van der Waals surface area contributed by atoms with Crippen LogP contribution in [-0.2, 0) is 11.3 Å². The smallest absolute Gasteiger partial charge is 0.407 e. The Balaban J connectivity index is 1.58. The van der Waals surface area contributed by atoms with E-state index in [0.717, 1.165) is 43.8 Å². The van der Waals surface area contributed by atoms with Gasteiger partial charge in [0, 0.05) is 32.7 Å². The van der Waals surface area contributed by atoms with Crippen molar-refractivity contribution >= 4 is 12.0 Å². The van der Waals surface area contributed by atoms with Crippen molar-refractivity contribution in [1.82, 2.24) is 15.1 Å². The van der Waals surface area contributed by atoms with Crippen LogP contribution in [0.4, 0.5) is 4.79 Å². The number of likely N-dealkylation sites (tertiary alicyclic amines) is 1. The molecule has 2 fully saturated rings. The van der Waals surface area contributed by atoms with Gasteiger partial charge in [-0.1, -0.05) is 43.7 Å². The summed E-state index contributed by atoms with van der Waals surface area (Å²) in [6.45, 7) is 5.01. The maximum atomic E-state index is 12.8. The Morgan fingerprint density at radius 1 is 1.26 bits per heavy atom. The number of carbonyl (C=O) groups excluding carboxylic acids is 1. The molecular formula is C21H31N3O3. The summed E-state index contributed by atoms with van der Waals surface area (Å²) in [6, 6.07) is 10.0. The molecule has 0 aromatic heterocycles. The normalized spacial score (nSPS) is 25.8. The van der Waals surface area contributed by atoms with E-state index in [0.29, 0.717) is 18.3 Å². The van der Waals surface area contributed by atoms with Crippen LogP contribution in [0.1, 0.15) is 38.2 Å². The maximum absolute atomic E-state index is 12.8. The molecule has 0 spiro atoms. The minimum Gasteiger partial charge on any atom is -0.465 e. The van der Waals surface area contributed by atoms with Gasteiger partial charge in [-0.15, -0.1) is 0 Å². The van der Waals surface area contributed by atoms with Crippen LogP contribution in [0.5, 0.6) is 0 Å². The van der Waals surface area contributed by atoms with Gasteiger partial charge in [0.25, 0.3) is 0 Å². The molecule has 1 unspecified atom stereocenters. The fraction of sp³-hybridized carbons (Fsp3) is 0.619. The number of amides is 2. The summed E-state index contributed by atoms with van der Waals surface area (Å²) in [4.78, 5) is 27.7. The number of likely N-dealkylation sites (N-methyl/N-ethyl adjacent to an activating group) is 1. The van der Waals surface area contributed by atoms with Crippen molar-refractivity contribution in [1.29, 1.82) is 0 Å². The molecular weight excluding hydrogens is 342 g/mol. The molecule has 0 radical (unpaired) electrons. The zero-order valence-electron chi connectivity index (χ0n) is 16.3. The van der Waals surface area contributed by atoms with Crippen molar-refractivity contribution in [2.45, 2.75) is 51.2 Å². The zero-order valence-corrected chi connectivity index (χ0v) is 16.3. The number of nitrogens with zero attached hydrogens (tertiary/aromatic N) is 2. The van der Waals surface area contributed by atoms with Crippen LogP contribution in [0.25, 0.3) is 0 Å². The van der Waals surface area contributed by atoms with E-state index in [2.05, 4.69) is 34.5 Å². The molecule has 1 saturated heterocycles. The second-order valence-corrected chi connectivity index (χ2v) is 7.99. The lowest BCUT2D eigenvalue weighted by molar-refractivity contribution is -0.126. The monoisotopic (exact) mass is 373 g/mol. The lowest BCUT2D eigenvalue weighted by Crippen LogP contribution is -2.51. The molecule has 1 aliphatic carbocycles. The predicted octanol–water partition coefficient (Wildman–Crippen LogP) is 2.79. The first-order valence-corrected chi connectivity index (χ1v) is 10.0. The van der Waals surface area contributed by atoms with Gasteiger partial charge in [0.05, 0.1) is 0 Å². The van der Waals surface area contributed by atoms with E-state index in [9.17, 15) is 14.7 Å². The van der Waals surface area contributed by atoms with Crippen molar-refractivity contribution in [3.63, 3.8) is 0 Å². The zero-order chi connectivity index (χ0) is 19.4. The van der Waals surface area contributed by atoms with E-state index in [1.54, 1.807) is 0 Å². The van der Waals surface area contributed by atoms with Crippen LogP contribution in [-0.4, -0.2) is 59.1 Å². The first-order chi connectivity index (χ1) is 13.0. The molecule has 27 heavy (non-hydrogen) atoms. The lowest BCUT2D eigenvalue weighted by Gasteiger charge is -2.28. The third kappa shape index (κ3) is 4.61. The van der Waals surface area contributed by atoms with Crippen molar-refractivity contribution in [3.05, 3.63) is 35.9 Å². The number of carbonyl (C=O) groups is 2. The molecule has 1 heterocycles. The van der Waals surface area contributed by atoms with Gasteiger partial charge in [-0.25, -0.2) is 4.79 Å². The molecule has 6 heteroatoms. The molecule has 3 rings (SSSR count). The number of benzene rings is 1. The summed E-state index contributed by atoms with van der Waals surface area (Å²) in [5.41, 5.74) is 1.32. The SMILES string of the molecule is CCCC(C(=O)N[C@H]1CC[C@@H]2CN(Cc3ccccc3)C[C@@H]21)N(C)C(=O)O. The third-order valence-electron chi connectivity index (χ3n) is 6.14. The number of nitrogens with one attached hydrogen (secondary N) is 1. The third-order valence-corrected chi connectivity index (χ3v) is 6.14. The molecule has 1 aliphatic heterocycles. The summed E-state index contributed by atoms with van der Waals surface area (Å²) < 4.78 is 0. The van der Waals surface area contributed by atoms with Gasteiger partial charge in [0.2, 0.25) is 5.91 Å². The van der Waals surface area contributed by atoms with Gasteiger partial charge >= 0.3 is 6.09 Å². The summed E-state index contributed by atoms with van der Waals surface area (Å²) in [5, 5.41) is 12.4.